The number of likely N-dealkylation sites (tertiary alicyclic amines) is 1. The van der Waals surface area contributed by atoms with E-state index in [-0.39, 0.29) is 0 Å². The summed E-state index contributed by atoms with van der Waals surface area (Å²) in [5.41, 5.74) is 1.26. The van der Waals surface area contributed by atoms with Crippen molar-refractivity contribution in [1.82, 2.24) is 14.9 Å². The lowest BCUT2D eigenvalue weighted by Gasteiger charge is -2.31. The third-order valence-electron chi connectivity index (χ3n) is 3.67. The van der Waals surface area contributed by atoms with Crippen molar-refractivity contribution in [3.8, 4) is 6.07 Å². The Balaban J connectivity index is 1.86. The van der Waals surface area contributed by atoms with Crippen LogP contribution in [0.25, 0.3) is 0 Å². The maximum Gasteiger partial charge on any atom is 0.224 e. The van der Waals surface area contributed by atoms with E-state index in [0.29, 0.717) is 17.6 Å². The summed E-state index contributed by atoms with van der Waals surface area (Å²) in [5.74, 6) is 1.26. The van der Waals surface area contributed by atoms with Crippen LogP contribution < -0.4 is 5.32 Å². The Labute approximate surface area is 114 Å². The molecule has 19 heavy (non-hydrogen) atoms. The first-order valence-electron chi connectivity index (χ1n) is 6.93. The Kier molecular flexibility index (Phi) is 4.69. The number of aromatic nitrogens is 2. The number of anilines is 1. The van der Waals surface area contributed by atoms with E-state index >= 15 is 0 Å². The number of aryl methyl sites for hydroxylation is 1. The first kappa shape index (κ1) is 13.8. The van der Waals surface area contributed by atoms with Gasteiger partial charge in [-0.15, -0.1) is 0 Å². The summed E-state index contributed by atoms with van der Waals surface area (Å²) in [6.45, 7) is 8.50. The van der Waals surface area contributed by atoms with Gasteiger partial charge >= 0.3 is 0 Å². The highest BCUT2D eigenvalue weighted by molar-refractivity contribution is 5.32. The van der Waals surface area contributed by atoms with Gasteiger partial charge in [-0.2, -0.15) is 5.26 Å². The van der Waals surface area contributed by atoms with Gasteiger partial charge in [-0.1, -0.05) is 6.92 Å². The molecule has 102 valence electrons. The largest absolute Gasteiger partial charge is 0.354 e. The number of piperidine rings is 1. The molecule has 1 saturated heterocycles. The molecule has 0 aliphatic carbocycles. The van der Waals surface area contributed by atoms with Gasteiger partial charge in [0.15, 0.2) is 0 Å². The van der Waals surface area contributed by atoms with Crippen molar-refractivity contribution in [3.63, 3.8) is 0 Å². The zero-order chi connectivity index (χ0) is 13.7. The van der Waals surface area contributed by atoms with Gasteiger partial charge in [0, 0.05) is 12.2 Å². The molecule has 2 rings (SSSR count). The Morgan fingerprint density at radius 2 is 2.16 bits per heavy atom. The van der Waals surface area contributed by atoms with Crippen LogP contribution >= 0.6 is 0 Å². The zero-order valence-corrected chi connectivity index (χ0v) is 11.7. The summed E-state index contributed by atoms with van der Waals surface area (Å²) >= 11 is 0. The first-order valence-corrected chi connectivity index (χ1v) is 6.93. The Morgan fingerprint density at radius 1 is 1.42 bits per heavy atom. The van der Waals surface area contributed by atoms with Crippen molar-refractivity contribution in [2.24, 2.45) is 5.92 Å². The SMILES string of the molecule is CCN1CCC(CNc2nc(C)cc(C#N)n2)CC1. The second-order valence-corrected chi connectivity index (χ2v) is 5.09. The molecule has 0 saturated carbocycles. The van der Waals surface area contributed by atoms with Crippen molar-refractivity contribution in [2.75, 3.05) is 31.5 Å². The summed E-state index contributed by atoms with van der Waals surface area (Å²) in [7, 11) is 0. The van der Waals surface area contributed by atoms with Gasteiger partial charge < -0.3 is 10.2 Å². The Morgan fingerprint density at radius 3 is 2.79 bits per heavy atom. The first-order chi connectivity index (χ1) is 9.21. The lowest BCUT2D eigenvalue weighted by Crippen LogP contribution is -2.35. The molecule has 5 nitrogen and oxygen atoms in total. The van der Waals surface area contributed by atoms with E-state index in [2.05, 4.69) is 33.2 Å². The number of hydrogen-bond donors (Lipinski definition) is 1. The van der Waals surface area contributed by atoms with E-state index in [1.807, 2.05) is 6.92 Å². The fourth-order valence-corrected chi connectivity index (χ4v) is 2.45. The average Bonchev–Trinajstić information content (AvgIpc) is 2.45. The molecule has 0 amide bonds. The Bertz CT molecular complexity index is 457. The molecular formula is C14H21N5. The van der Waals surface area contributed by atoms with Crippen LogP contribution in [0.2, 0.25) is 0 Å². The number of nitrogens with one attached hydrogen (secondary N) is 1. The van der Waals surface area contributed by atoms with Gasteiger partial charge in [0.25, 0.3) is 0 Å². The normalized spacial score (nSPS) is 17.1. The molecular weight excluding hydrogens is 238 g/mol. The average molecular weight is 259 g/mol. The van der Waals surface area contributed by atoms with E-state index in [1.54, 1.807) is 6.07 Å². The molecule has 1 aromatic rings. The molecule has 1 aromatic heterocycles. The maximum absolute atomic E-state index is 8.89. The van der Waals surface area contributed by atoms with Gasteiger partial charge in [-0.3, -0.25) is 0 Å². The van der Waals surface area contributed by atoms with Crippen LogP contribution in [0.1, 0.15) is 31.2 Å². The minimum atomic E-state index is 0.427. The van der Waals surface area contributed by atoms with E-state index in [9.17, 15) is 0 Å². The minimum Gasteiger partial charge on any atom is -0.354 e. The van der Waals surface area contributed by atoms with E-state index in [4.69, 9.17) is 5.26 Å². The third-order valence-corrected chi connectivity index (χ3v) is 3.67. The zero-order valence-electron chi connectivity index (χ0n) is 11.7. The fraction of sp³-hybridized carbons (Fsp3) is 0.643. The van der Waals surface area contributed by atoms with Crippen LogP contribution in [0.5, 0.6) is 0 Å². The molecule has 1 fully saturated rings. The highest BCUT2D eigenvalue weighted by Crippen LogP contribution is 2.17. The van der Waals surface area contributed by atoms with Crippen molar-refractivity contribution in [3.05, 3.63) is 17.5 Å². The lowest BCUT2D eigenvalue weighted by molar-refractivity contribution is 0.198. The molecule has 0 spiro atoms. The Hall–Kier alpha value is -1.67. The number of nitrogens with zero attached hydrogens (tertiary/aromatic N) is 4. The van der Waals surface area contributed by atoms with Crippen LogP contribution in [0.3, 0.4) is 0 Å². The molecule has 0 aromatic carbocycles. The molecule has 2 heterocycles. The summed E-state index contributed by atoms with van der Waals surface area (Å²) < 4.78 is 0. The van der Waals surface area contributed by atoms with Gasteiger partial charge in [-0.05, 0) is 51.4 Å². The van der Waals surface area contributed by atoms with Gasteiger partial charge in [-0.25, -0.2) is 9.97 Å². The van der Waals surface area contributed by atoms with Crippen LogP contribution in [0.15, 0.2) is 6.07 Å². The summed E-state index contributed by atoms with van der Waals surface area (Å²) in [6.07, 6.45) is 2.44. The molecule has 0 atom stereocenters. The van der Waals surface area contributed by atoms with Crippen molar-refractivity contribution in [2.45, 2.75) is 26.7 Å². The predicted molar refractivity (Wildman–Crippen MR) is 74.8 cm³/mol. The van der Waals surface area contributed by atoms with Crippen LogP contribution in [-0.2, 0) is 0 Å². The smallest absolute Gasteiger partial charge is 0.224 e. The van der Waals surface area contributed by atoms with Crippen molar-refractivity contribution < 1.29 is 0 Å². The summed E-state index contributed by atoms with van der Waals surface area (Å²) in [4.78, 5) is 11.0. The molecule has 0 unspecified atom stereocenters. The van der Waals surface area contributed by atoms with Crippen LogP contribution in [0.4, 0.5) is 5.95 Å². The molecule has 0 bridgehead atoms. The molecule has 5 heteroatoms. The molecule has 0 radical (unpaired) electrons. The third kappa shape index (κ3) is 3.90. The second-order valence-electron chi connectivity index (χ2n) is 5.09. The lowest BCUT2D eigenvalue weighted by atomic mass is 9.97. The topological polar surface area (TPSA) is 64.8 Å². The molecule has 1 N–H and O–H groups in total. The van der Waals surface area contributed by atoms with Crippen LogP contribution in [0, 0.1) is 24.2 Å². The van der Waals surface area contributed by atoms with Gasteiger partial charge in [0.1, 0.15) is 11.8 Å². The maximum atomic E-state index is 8.89. The predicted octanol–water partition coefficient (Wildman–Crippen LogP) is 1.80. The standard InChI is InChI=1S/C14H21N5/c1-3-19-6-4-12(5-7-19)10-16-14-17-11(2)8-13(9-15)18-14/h8,12H,3-7,10H2,1-2H3,(H,16,17,18). The van der Waals surface area contributed by atoms with Gasteiger partial charge in [0.2, 0.25) is 5.95 Å². The summed E-state index contributed by atoms with van der Waals surface area (Å²) in [6, 6.07) is 3.76. The highest BCUT2D eigenvalue weighted by atomic mass is 15.1. The van der Waals surface area contributed by atoms with Crippen molar-refractivity contribution >= 4 is 5.95 Å². The minimum absolute atomic E-state index is 0.427. The summed E-state index contributed by atoms with van der Waals surface area (Å²) in [5, 5.41) is 12.2. The van der Waals surface area contributed by atoms with E-state index in [1.165, 1.54) is 25.9 Å². The number of hydrogen-bond acceptors (Lipinski definition) is 5. The van der Waals surface area contributed by atoms with Crippen LogP contribution in [-0.4, -0.2) is 41.0 Å². The van der Waals surface area contributed by atoms with Crippen molar-refractivity contribution in [1.29, 1.82) is 5.26 Å². The monoisotopic (exact) mass is 259 g/mol. The highest BCUT2D eigenvalue weighted by Gasteiger charge is 2.18. The quantitative estimate of drug-likeness (QED) is 0.893. The van der Waals surface area contributed by atoms with Gasteiger partial charge in [0.05, 0.1) is 0 Å². The number of rotatable bonds is 4. The molecule has 1 aliphatic heterocycles. The number of nitriles is 1. The molecule has 1 aliphatic rings. The fourth-order valence-electron chi connectivity index (χ4n) is 2.45. The van der Waals surface area contributed by atoms with E-state index in [0.717, 1.165) is 18.8 Å². The van der Waals surface area contributed by atoms with E-state index < -0.39 is 0 Å². The second kappa shape index (κ2) is 6.48.